The highest BCUT2D eigenvalue weighted by molar-refractivity contribution is 5.77. The maximum Gasteiger partial charge on any atom is 0.312 e. The third kappa shape index (κ3) is 4.08. The van der Waals surface area contributed by atoms with Crippen molar-refractivity contribution < 1.29 is 14.3 Å². The number of likely N-dealkylation sites (tertiary alicyclic amines) is 1. The molecule has 0 bridgehead atoms. The fraction of sp³-hybridized carbons (Fsp3) is 0.846. The predicted molar refractivity (Wildman–Crippen MR) is 74.1 cm³/mol. The van der Waals surface area contributed by atoms with E-state index in [1.807, 2.05) is 11.8 Å². The molecule has 2 rings (SSSR count). The van der Waals surface area contributed by atoms with Crippen molar-refractivity contribution in [2.45, 2.75) is 25.4 Å². The number of ether oxygens (including phenoxy) is 1. The third-order valence-electron chi connectivity index (χ3n) is 3.98. The van der Waals surface area contributed by atoms with E-state index in [-0.39, 0.29) is 24.0 Å². The molecule has 2 fully saturated rings. The van der Waals surface area contributed by atoms with Crippen molar-refractivity contribution in [3.8, 4) is 0 Å². The summed E-state index contributed by atoms with van der Waals surface area (Å²) in [6.45, 7) is 5.70. The lowest BCUT2D eigenvalue weighted by Crippen LogP contribution is -2.60. The van der Waals surface area contributed by atoms with Crippen molar-refractivity contribution in [1.29, 1.82) is 0 Å². The molecule has 4 N–H and O–H groups in total. The van der Waals surface area contributed by atoms with E-state index in [1.54, 1.807) is 0 Å². The fourth-order valence-electron chi connectivity index (χ4n) is 2.61. The third-order valence-corrected chi connectivity index (χ3v) is 3.98. The largest absolute Gasteiger partial charge is 0.363 e. The standard InChI is InChI=1S/C13H24N4O3/c1-13(8-15-9-13)20-7-11(18)17-4-2-3-10(6-17)5-16-12(14)19/h10,15H,2-9H2,1H3,(H3,14,16,19). The van der Waals surface area contributed by atoms with E-state index in [4.69, 9.17) is 10.5 Å². The Bertz CT molecular complexity index is 371. The number of piperidine rings is 1. The number of nitrogens with two attached hydrogens (primary N) is 1. The first-order chi connectivity index (χ1) is 9.48. The molecule has 1 atom stereocenters. The van der Waals surface area contributed by atoms with Crippen molar-refractivity contribution in [3.63, 3.8) is 0 Å². The number of hydrogen-bond donors (Lipinski definition) is 3. The van der Waals surface area contributed by atoms with E-state index < -0.39 is 6.03 Å². The van der Waals surface area contributed by atoms with Crippen LogP contribution >= 0.6 is 0 Å². The van der Waals surface area contributed by atoms with Crippen LogP contribution in [0.15, 0.2) is 0 Å². The highest BCUT2D eigenvalue weighted by atomic mass is 16.5. The fourth-order valence-corrected chi connectivity index (χ4v) is 2.61. The summed E-state index contributed by atoms with van der Waals surface area (Å²) in [5, 5.41) is 5.75. The van der Waals surface area contributed by atoms with E-state index in [0.717, 1.165) is 32.5 Å². The molecule has 0 saturated carbocycles. The van der Waals surface area contributed by atoms with Gasteiger partial charge in [0.05, 0.1) is 5.60 Å². The second-order valence-corrected chi connectivity index (χ2v) is 5.94. The summed E-state index contributed by atoms with van der Waals surface area (Å²) in [6.07, 6.45) is 1.96. The minimum Gasteiger partial charge on any atom is -0.363 e. The SMILES string of the molecule is CC1(OCC(=O)N2CCCC(CNC(N)=O)C2)CNC1. The van der Waals surface area contributed by atoms with Gasteiger partial charge in [-0.2, -0.15) is 0 Å². The molecule has 3 amide bonds. The van der Waals surface area contributed by atoms with Gasteiger partial charge in [-0.25, -0.2) is 4.79 Å². The van der Waals surface area contributed by atoms with Crippen molar-refractivity contribution in [2.75, 3.05) is 39.3 Å². The molecule has 2 saturated heterocycles. The lowest BCUT2D eigenvalue weighted by Gasteiger charge is -2.40. The topological polar surface area (TPSA) is 96.7 Å². The maximum absolute atomic E-state index is 12.1. The second kappa shape index (κ2) is 6.41. The Labute approximate surface area is 119 Å². The van der Waals surface area contributed by atoms with Crippen LogP contribution in [0.3, 0.4) is 0 Å². The summed E-state index contributed by atoms with van der Waals surface area (Å²) < 4.78 is 5.67. The molecule has 0 spiro atoms. The van der Waals surface area contributed by atoms with Gasteiger partial charge in [-0.15, -0.1) is 0 Å². The van der Waals surface area contributed by atoms with Gasteiger partial charge in [-0.1, -0.05) is 0 Å². The lowest BCUT2D eigenvalue weighted by molar-refractivity contribution is -0.147. The average Bonchev–Trinajstić information content (AvgIpc) is 2.40. The number of amides is 3. The molecule has 0 aromatic heterocycles. The Morgan fingerprint density at radius 1 is 1.50 bits per heavy atom. The number of carbonyl (C=O) groups excluding carboxylic acids is 2. The lowest BCUT2D eigenvalue weighted by atomic mass is 9.98. The van der Waals surface area contributed by atoms with Gasteiger partial charge in [-0.3, -0.25) is 4.79 Å². The molecule has 0 aliphatic carbocycles. The molecule has 114 valence electrons. The number of primary amides is 1. The Morgan fingerprint density at radius 3 is 2.85 bits per heavy atom. The molecule has 7 nitrogen and oxygen atoms in total. The number of carbonyl (C=O) groups is 2. The number of rotatable bonds is 5. The van der Waals surface area contributed by atoms with E-state index in [9.17, 15) is 9.59 Å². The van der Waals surface area contributed by atoms with Crippen LogP contribution in [0.5, 0.6) is 0 Å². The van der Waals surface area contributed by atoms with Crippen LogP contribution < -0.4 is 16.4 Å². The van der Waals surface area contributed by atoms with Crippen molar-refractivity contribution in [2.24, 2.45) is 11.7 Å². The first kappa shape index (κ1) is 15.1. The zero-order chi connectivity index (χ0) is 14.6. The molecule has 2 aliphatic rings. The summed E-state index contributed by atoms with van der Waals surface area (Å²) in [7, 11) is 0. The van der Waals surface area contributed by atoms with E-state index >= 15 is 0 Å². The predicted octanol–water partition coefficient (Wildman–Crippen LogP) is -0.728. The molecular formula is C13H24N4O3. The van der Waals surface area contributed by atoms with Crippen molar-refractivity contribution in [3.05, 3.63) is 0 Å². The Morgan fingerprint density at radius 2 is 2.25 bits per heavy atom. The molecule has 2 aliphatic heterocycles. The van der Waals surface area contributed by atoms with Crippen LogP contribution in [0, 0.1) is 5.92 Å². The first-order valence-electron chi connectivity index (χ1n) is 7.14. The van der Waals surface area contributed by atoms with E-state index in [1.165, 1.54) is 0 Å². The van der Waals surface area contributed by atoms with Crippen LogP contribution in [-0.4, -0.2) is 61.8 Å². The maximum atomic E-state index is 12.1. The van der Waals surface area contributed by atoms with Crippen molar-refractivity contribution in [1.82, 2.24) is 15.5 Å². The van der Waals surface area contributed by atoms with Gasteiger partial charge in [0.15, 0.2) is 0 Å². The van der Waals surface area contributed by atoms with E-state index in [2.05, 4.69) is 10.6 Å². The normalized spacial score (nSPS) is 24.9. The van der Waals surface area contributed by atoms with E-state index in [0.29, 0.717) is 13.1 Å². The van der Waals surface area contributed by atoms with Gasteiger partial charge in [0.25, 0.3) is 0 Å². The van der Waals surface area contributed by atoms with Crippen LogP contribution in [0.1, 0.15) is 19.8 Å². The summed E-state index contributed by atoms with van der Waals surface area (Å²) in [4.78, 5) is 24.7. The number of nitrogens with zero attached hydrogens (tertiary/aromatic N) is 1. The Kier molecular flexibility index (Phi) is 4.82. The molecule has 0 radical (unpaired) electrons. The number of hydrogen-bond acceptors (Lipinski definition) is 4. The minimum absolute atomic E-state index is 0.0295. The molecule has 2 heterocycles. The number of nitrogens with one attached hydrogen (secondary N) is 2. The second-order valence-electron chi connectivity index (χ2n) is 5.94. The smallest absolute Gasteiger partial charge is 0.312 e. The van der Waals surface area contributed by atoms with Gasteiger partial charge < -0.3 is 26.0 Å². The summed E-state index contributed by atoms with van der Waals surface area (Å²) in [5.74, 6) is 0.308. The number of urea groups is 1. The highest BCUT2D eigenvalue weighted by Crippen LogP contribution is 2.18. The summed E-state index contributed by atoms with van der Waals surface area (Å²) in [6, 6.07) is -0.512. The monoisotopic (exact) mass is 284 g/mol. The van der Waals surface area contributed by atoms with Crippen LogP contribution in [0.4, 0.5) is 4.79 Å². The van der Waals surface area contributed by atoms with Gasteiger partial charge in [0.2, 0.25) is 5.91 Å². The van der Waals surface area contributed by atoms with Crippen LogP contribution in [-0.2, 0) is 9.53 Å². The van der Waals surface area contributed by atoms with Gasteiger partial charge >= 0.3 is 6.03 Å². The molecular weight excluding hydrogens is 260 g/mol. The quantitative estimate of drug-likeness (QED) is 0.620. The van der Waals surface area contributed by atoms with Crippen LogP contribution in [0.2, 0.25) is 0 Å². The van der Waals surface area contributed by atoms with Gasteiger partial charge in [-0.05, 0) is 25.7 Å². The van der Waals surface area contributed by atoms with Crippen molar-refractivity contribution >= 4 is 11.9 Å². The summed E-state index contributed by atoms with van der Waals surface area (Å²) in [5.41, 5.74) is 4.87. The molecule has 0 aromatic rings. The Hall–Kier alpha value is -1.34. The molecule has 1 unspecified atom stereocenters. The zero-order valence-electron chi connectivity index (χ0n) is 12.0. The minimum atomic E-state index is -0.512. The molecule has 7 heteroatoms. The first-order valence-corrected chi connectivity index (χ1v) is 7.14. The molecule has 0 aromatic carbocycles. The van der Waals surface area contributed by atoms with Gasteiger partial charge in [0.1, 0.15) is 6.61 Å². The summed E-state index contributed by atoms with van der Waals surface area (Å²) >= 11 is 0. The zero-order valence-corrected chi connectivity index (χ0v) is 12.0. The van der Waals surface area contributed by atoms with Crippen LogP contribution in [0.25, 0.3) is 0 Å². The Balaban J connectivity index is 1.73. The average molecular weight is 284 g/mol. The highest BCUT2D eigenvalue weighted by Gasteiger charge is 2.34. The van der Waals surface area contributed by atoms with Gasteiger partial charge in [0, 0.05) is 32.7 Å². The molecule has 20 heavy (non-hydrogen) atoms.